The molecule has 1 saturated heterocycles. The molecule has 0 aliphatic carbocycles. The number of nitrogens with two attached hydrogens (primary N) is 2. The number of nitrogens with zero attached hydrogens (tertiary/aromatic N) is 4. The predicted molar refractivity (Wildman–Crippen MR) is 81.7 cm³/mol. The summed E-state index contributed by atoms with van der Waals surface area (Å²) in [6.45, 7) is -0.331. The normalized spacial score (nSPS) is 28.3. The number of imidazole rings is 1. The van der Waals surface area contributed by atoms with Gasteiger partial charge in [0.2, 0.25) is 5.95 Å². The highest BCUT2D eigenvalue weighted by Crippen LogP contribution is 2.50. The minimum absolute atomic E-state index is 0.00810. The lowest BCUT2D eigenvalue weighted by molar-refractivity contribution is -0.0432. The molecule has 0 amide bonds. The van der Waals surface area contributed by atoms with Gasteiger partial charge < -0.3 is 26.4 Å². The number of aromatic nitrogens is 4. The summed E-state index contributed by atoms with van der Waals surface area (Å²) in [5.74, 6) is 0.164. The first-order valence-electron chi connectivity index (χ1n) is 5.94. The molecule has 0 saturated carbocycles. The average Bonchev–Trinajstić information content (AvgIpc) is 2.91. The number of anilines is 2. The molecule has 1 fully saturated rings. The molecule has 0 spiro atoms. The number of fused-ring (bicyclic) bond motifs is 1. The molecule has 2 aromatic heterocycles. The molecular weight excluding hydrogens is 412 g/mol. The Morgan fingerprint density at radius 2 is 2.10 bits per heavy atom. The van der Waals surface area contributed by atoms with Gasteiger partial charge in [0, 0.05) is 0 Å². The summed E-state index contributed by atoms with van der Waals surface area (Å²) in [6, 6.07) is 0. The number of nitrogen functional groups attached to an aromatic ring is 2. The first-order valence-corrected chi connectivity index (χ1v) is 7.52. The molecule has 0 radical (unpaired) electrons. The summed E-state index contributed by atoms with van der Waals surface area (Å²) < 4.78 is 6.20. The van der Waals surface area contributed by atoms with E-state index in [2.05, 4.69) is 46.8 Å². The summed E-state index contributed by atoms with van der Waals surface area (Å²) >= 11 is 6.75. The SMILES string of the molecule is Nc1nc(N)c2ncn([C@@H]3O[C@H](CO)[C@@H](O)C3(Br)Br)c2n1. The molecule has 0 aromatic carbocycles. The number of ether oxygens (including phenoxy) is 1. The molecule has 1 aliphatic heterocycles. The van der Waals surface area contributed by atoms with Crippen molar-refractivity contribution in [2.75, 3.05) is 18.1 Å². The van der Waals surface area contributed by atoms with Crippen LogP contribution in [-0.4, -0.2) is 51.8 Å². The second-order valence-corrected chi connectivity index (χ2v) is 8.31. The maximum Gasteiger partial charge on any atom is 0.224 e. The Labute approximate surface area is 135 Å². The monoisotopic (exact) mass is 422 g/mol. The Balaban J connectivity index is 2.13. The molecule has 0 unspecified atom stereocenters. The van der Waals surface area contributed by atoms with E-state index in [0.29, 0.717) is 11.2 Å². The fourth-order valence-corrected chi connectivity index (χ4v) is 3.49. The Kier molecular flexibility index (Phi) is 3.56. The third-order valence-corrected chi connectivity index (χ3v) is 5.00. The van der Waals surface area contributed by atoms with Crippen molar-refractivity contribution in [3.8, 4) is 0 Å². The molecule has 0 bridgehead atoms. The van der Waals surface area contributed by atoms with Crippen LogP contribution in [0.3, 0.4) is 0 Å². The molecule has 6 N–H and O–H groups in total. The van der Waals surface area contributed by atoms with E-state index in [1.54, 1.807) is 4.57 Å². The average molecular weight is 424 g/mol. The lowest BCUT2D eigenvalue weighted by Crippen LogP contribution is -2.36. The molecule has 11 heteroatoms. The zero-order chi connectivity index (χ0) is 15.4. The van der Waals surface area contributed by atoms with E-state index < -0.39 is 21.7 Å². The third-order valence-electron chi connectivity index (χ3n) is 3.28. The lowest BCUT2D eigenvalue weighted by atomic mass is 10.2. The number of rotatable bonds is 2. The smallest absolute Gasteiger partial charge is 0.224 e. The molecule has 9 nitrogen and oxygen atoms in total. The van der Waals surface area contributed by atoms with Gasteiger partial charge in [-0.15, -0.1) is 0 Å². The van der Waals surface area contributed by atoms with E-state index in [9.17, 15) is 10.2 Å². The van der Waals surface area contributed by atoms with Gasteiger partial charge >= 0.3 is 0 Å². The Bertz CT molecular complexity index is 693. The van der Waals surface area contributed by atoms with Crippen LogP contribution < -0.4 is 11.5 Å². The van der Waals surface area contributed by atoms with Crippen LogP contribution in [-0.2, 0) is 4.74 Å². The molecule has 1 aliphatic rings. The van der Waals surface area contributed by atoms with Gasteiger partial charge in [-0.05, 0) is 0 Å². The van der Waals surface area contributed by atoms with Crippen molar-refractivity contribution in [2.24, 2.45) is 0 Å². The molecule has 3 rings (SSSR count). The van der Waals surface area contributed by atoms with Gasteiger partial charge in [-0.25, -0.2) is 4.98 Å². The van der Waals surface area contributed by atoms with Crippen LogP contribution in [0.4, 0.5) is 11.8 Å². The van der Waals surface area contributed by atoms with E-state index in [4.69, 9.17) is 16.2 Å². The van der Waals surface area contributed by atoms with Crippen LogP contribution in [0.15, 0.2) is 6.33 Å². The summed E-state index contributed by atoms with van der Waals surface area (Å²) in [4.78, 5) is 12.1. The van der Waals surface area contributed by atoms with E-state index in [-0.39, 0.29) is 18.4 Å². The number of halogens is 2. The van der Waals surface area contributed by atoms with Gasteiger partial charge in [-0.2, -0.15) is 9.97 Å². The van der Waals surface area contributed by atoms with Crippen LogP contribution in [0.25, 0.3) is 11.2 Å². The molecular formula is C10H12Br2N6O3. The third kappa shape index (κ3) is 2.19. The Morgan fingerprint density at radius 1 is 1.38 bits per heavy atom. The minimum atomic E-state index is -1.02. The van der Waals surface area contributed by atoms with Gasteiger partial charge in [-0.1, -0.05) is 31.9 Å². The summed E-state index contributed by atoms with van der Waals surface area (Å²) in [5, 5.41) is 19.4. The summed E-state index contributed by atoms with van der Waals surface area (Å²) in [7, 11) is 0. The number of aliphatic hydroxyl groups excluding tert-OH is 2. The maximum absolute atomic E-state index is 10.2. The second kappa shape index (κ2) is 5.02. The van der Waals surface area contributed by atoms with E-state index >= 15 is 0 Å². The van der Waals surface area contributed by atoms with Crippen molar-refractivity contribution >= 4 is 54.8 Å². The molecule has 3 atom stereocenters. The van der Waals surface area contributed by atoms with E-state index in [1.165, 1.54) is 6.33 Å². The van der Waals surface area contributed by atoms with Crippen LogP contribution in [0.5, 0.6) is 0 Å². The fraction of sp³-hybridized carbons (Fsp3) is 0.500. The van der Waals surface area contributed by atoms with Gasteiger partial charge in [-0.3, -0.25) is 4.57 Å². The van der Waals surface area contributed by atoms with Gasteiger partial charge in [0.1, 0.15) is 17.7 Å². The largest absolute Gasteiger partial charge is 0.394 e. The van der Waals surface area contributed by atoms with Crippen molar-refractivity contribution in [1.82, 2.24) is 19.5 Å². The first kappa shape index (κ1) is 14.9. The van der Waals surface area contributed by atoms with E-state index in [1.807, 2.05) is 0 Å². The minimum Gasteiger partial charge on any atom is -0.394 e. The predicted octanol–water partition coefficient (Wildman–Crippen LogP) is -0.273. The summed E-state index contributed by atoms with van der Waals surface area (Å²) in [6.07, 6.45) is -1.00. The number of alkyl halides is 2. The van der Waals surface area contributed by atoms with Gasteiger partial charge in [0.25, 0.3) is 0 Å². The zero-order valence-corrected chi connectivity index (χ0v) is 13.7. The van der Waals surface area contributed by atoms with Crippen molar-refractivity contribution < 1.29 is 14.9 Å². The summed E-state index contributed by atoms with van der Waals surface area (Å²) in [5.41, 5.74) is 12.1. The van der Waals surface area contributed by atoms with Crippen LogP contribution in [0, 0.1) is 0 Å². The highest BCUT2D eigenvalue weighted by Gasteiger charge is 2.54. The maximum atomic E-state index is 10.2. The van der Waals surface area contributed by atoms with Crippen LogP contribution >= 0.6 is 31.9 Å². The van der Waals surface area contributed by atoms with Crippen molar-refractivity contribution in [1.29, 1.82) is 0 Å². The highest BCUT2D eigenvalue weighted by molar-refractivity contribution is 9.25. The lowest BCUT2D eigenvalue weighted by Gasteiger charge is -2.24. The standard InChI is InChI=1S/C10H12Br2N6O3/c11-10(12)5(20)3(1-19)21-8(10)18-2-15-4-6(13)16-9(14)17-7(4)18/h2-3,5,8,19-20H,1H2,(H4,13,14,16,17)/t3-,5-,8-/m1/s1. The molecule has 114 valence electrons. The fourth-order valence-electron chi connectivity index (χ4n) is 2.25. The Morgan fingerprint density at radius 3 is 2.71 bits per heavy atom. The molecule has 2 aromatic rings. The topological polar surface area (TPSA) is 145 Å². The Hall–Kier alpha value is -1.01. The quantitative estimate of drug-likeness (QED) is 0.482. The van der Waals surface area contributed by atoms with Crippen molar-refractivity contribution in [2.45, 2.75) is 21.7 Å². The highest BCUT2D eigenvalue weighted by atomic mass is 79.9. The van der Waals surface area contributed by atoms with Crippen molar-refractivity contribution in [3.63, 3.8) is 0 Å². The second-order valence-electron chi connectivity index (χ2n) is 4.62. The van der Waals surface area contributed by atoms with E-state index in [0.717, 1.165) is 0 Å². The number of hydrogen-bond acceptors (Lipinski definition) is 8. The molecule has 21 heavy (non-hydrogen) atoms. The number of aliphatic hydroxyl groups is 2. The number of hydrogen-bond donors (Lipinski definition) is 4. The molecule has 3 heterocycles. The van der Waals surface area contributed by atoms with Crippen LogP contribution in [0.1, 0.15) is 6.23 Å². The zero-order valence-electron chi connectivity index (χ0n) is 10.5. The first-order chi connectivity index (χ1) is 9.86. The van der Waals surface area contributed by atoms with Crippen molar-refractivity contribution in [3.05, 3.63) is 6.33 Å². The van der Waals surface area contributed by atoms with Crippen LogP contribution in [0.2, 0.25) is 0 Å². The van der Waals surface area contributed by atoms with Gasteiger partial charge in [0.05, 0.1) is 12.9 Å². The van der Waals surface area contributed by atoms with Gasteiger partial charge in [0.15, 0.2) is 20.9 Å².